The minimum Gasteiger partial charge on any atom is -0.477 e. The Hall–Kier alpha value is -3.48. The van der Waals surface area contributed by atoms with Crippen molar-refractivity contribution in [3.63, 3.8) is 0 Å². The summed E-state index contributed by atoms with van der Waals surface area (Å²) in [5, 5.41) is 4.38. The third kappa shape index (κ3) is 3.38. The SMILES string of the molecule is O=Cc1ccc(-c2nn3c(c2C(=O)OCc2ccccc2)OCCC3)c(F)c1. The maximum Gasteiger partial charge on any atom is 0.346 e. The summed E-state index contributed by atoms with van der Waals surface area (Å²) in [5.74, 6) is -1.00. The number of hydrogen-bond donors (Lipinski definition) is 0. The largest absolute Gasteiger partial charge is 0.477 e. The van der Waals surface area contributed by atoms with E-state index in [0.29, 0.717) is 19.4 Å². The highest BCUT2D eigenvalue weighted by molar-refractivity contribution is 5.99. The zero-order valence-corrected chi connectivity index (χ0v) is 14.9. The second-order valence-corrected chi connectivity index (χ2v) is 6.37. The number of rotatable bonds is 5. The smallest absolute Gasteiger partial charge is 0.346 e. The Balaban J connectivity index is 1.72. The van der Waals surface area contributed by atoms with Gasteiger partial charge in [0.25, 0.3) is 0 Å². The van der Waals surface area contributed by atoms with Crippen molar-refractivity contribution in [2.24, 2.45) is 0 Å². The quantitative estimate of drug-likeness (QED) is 0.499. The van der Waals surface area contributed by atoms with Gasteiger partial charge in [-0.2, -0.15) is 5.10 Å². The Morgan fingerprint density at radius 2 is 2.07 bits per heavy atom. The fourth-order valence-electron chi connectivity index (χ4n) is 3.09. The third-order valence-electron chi connectivity index (χ3n) is 4.46. The van der Waals surface area contributed by atoms with Gasteiger partial charge >= 0.3 is 5.97 Å². The number of carbonyl (C=O) groups excluding carboxylic acids is 2. The molecule has 6 nitrogen and oxygen atoms in total. The number of fused-ring (bicyclic) bond motifs is 1. The molecule has 0 N–H and O–H groups in total. The molecule has 0 spiro atoms. The zero-order chi connectivity index (χ0) is 19.5. The Morgan fingerprint density at radius 1 is 1.25 bits per heavy atom. The van der Waals surface area contributed by atoms with Gasteiger partial charge < -0.3 is 9.47 Å². The van der Waals surface area contributed by atoms with Crippen molar-refractivity contribution in [3.05, 3.63) is 71.0 Å². The summed E-state index contributed by atoms with van der Waals surface area (Å²) in [6, 6.07) is 13.3. The van der Waals surface area contributed by atoms with E-state index < -0.39 is 11.8 Å². The first-order chi connectivity index (χ1) is 13.7. The monoisotopic (exact) mass is 380 g/mol. The van der Waals surface area contributed by atoms with E-state index in [4.69, 9.17) is 9.47 Å². The number of halogens is 1. The Kier molecular flexibility index (Phi) is 4.89. The number of aldehydes is 1. The van der Waals surface area contributed by atoms with Crippen LogP contribution in [0.25, 0.3) is 11.3 Å². The lowest BCUT2D eigenvalue weighted by Gasteiger charge is -2.15. The molecule has 1 aromatic heterocycles. The molecule has 0 saturated carbocycles. The van der Waals surface area contributed by atoms with Gasteiger partial charge in [-0.1, -0.05) is 36.4 Å². The fourth-order valence-corrected chi connectivity index (χ4v) is 3.09. The molecule has 0 atom stereocenters. The van der Waals surface area contributed by atoms with Crippen molar-refractivity contribution >= 4 is 12.3 Å². The van der Waals surface area contributed by atoms with Crippen molar-refractivity contribution < 1.29 is 23.5 Å². The lowest BCUT2D eigenvalue weighted by Crippen LogP contribution is -2.16. The van der Waals surface area contributed by atoms with Gasteiger partial charge in [-0.3, -0.25) is 4.79 Å². The number of nitrogens with zero attached hydrogens (tertiary/aromatic N) is 2. The van der Waals surface area contributed by atoms with Crippen LogP contribution in [0, 0.1) is 5.82 Å². The van der Waals surface area contributed by atoms with Gasteiger partial charge in [0.15, 0.2) is 0 Å². The van der Waals surface area contributed by atoms with Gasteiger partial charge in [-0.05, 0) is 17.7 Å². The fraction of sp³-hybridized carbons (Fsp3) is 0.190. The van der Waals surface area contributed by atoms with E-state index in [-0.39, 0.29) is 34.9 Å². The van der Waals surface area contributed by atoms with E-state index in [1.807, 2.05) is 30.3 Å². The molecule has 0 unspecified atom stereocenters. The molecule has 0 saturated heterocycles. The first-order valence-electron chi connectivity index (χ1n) is 8.87. The van der Waals surface area contributed by atoms with Gasteiger partial charge in [0.2, 0.25) is 5.88 Å². The van der Waals surface area contributed by atoms with Crippen LogP contribution in [0.1, 0.15) is 32.7 Å². The summed E-state index contributed by atoms with van der Waals surface area (Å²) in [4.78, 5) is 23.7. The molecule has 2 heterocycles. The van der Waals surface area contributed by atoms with Crippen LogP contribution < -0.4 is 4.74 Å². The van der Waals surface area contributed by atoms with Crippen molar-refractivity contribution in [1.82, 2.24) is 9.78 Å². The van der Waals surface area contributed by atoms with Crippen molar-refractivity contribution in [3.8, 4) is 17.1 Å². The van der Waals surface area contributed by atoms with Crippen LogP contribution in [0.15, 0.2) is 48.5 Å². The number of carbonyl (C=O) groups is 2. The minimum atomic E-state index is -0.642. The van der Waals surface area contributed by atoms with Crippen LogP contribution in [0.5, 0.6) is 5.88 Å². The number of benzene rings is 2. The number of hydrogen-bond acceptors (Lipinski definition) is 5. The first-order valence-corrected chi connectivity index (χ1v) is 8.87. The minimum absolute atomic E-state index is 0.0797. The lowest BCUT2D eigenvalue weighted by molar-refractivity contribution is 0.0466. The zero-order valence-electron chi connectivity index (χ0n) is 14.9. The second kappa shape index (κ2) is 7.64. The number of ether oxygens (including phenoxy) is 2. The molecular weight excluding hydrogens is 363 g/mol. The molecule has 7 heteroatoms. The van der Waals surface area contributed by atoms with Crippen LogP contribution in [-0.4, -0.2) is 28.6 Å². The average molecular weight is 380 g/mol. The Bertz CT molecular complexity index is 1030. The standard InChI is InChI=1S/C21H17FN2O4/c22-17-11-15(12-25)7-8-16(17)19-18(20-24(23-19)9-4-10-27-20)21(26)28-13-14-5-2-1-3-6-14/h1-3,5-8,11-12H,4,9-10,13H2. The summed E-state index contributed by atoms with van der Waals surface area (Å²) >= 11 is 0. The van der Waals surface area contributed by atoms with Crippen molar-refractivity contribution in [1.29, 1.82) is 0 Å². The molecule has 0 amide bonds. The maximum absolute atomic E-state index is 14.6. The van der Waals surface area contributed by atoms with E-state index in [2.05, 4.69) is 5.10 Å². The molecule has 28 heavy (non-hydrogen) atoms. The van der Waals surface area contributed by atoms with Gasteiger partial charge in [-0.25, -0.2) is 13.9 Å². The third-order valence-corrected chi connectivity index (χ3v) is 4.46. The van der Waals surface area contributed by atoms with Crippen LogP contribution in [0.4, 0.5) is 4.39 Å². The number of aryl methyl sites for hydroxylation is 1. The topological polar surface area (TPSA) is 70.4 Å². The van der Waals surface area contributed by atoms with Crippen LogP contribution >= 0.6 is 0 Å². The molecule has 1 aliphatic rings. The van der Waals surface area contributed by atoms with Gasteiger partial charge in [-0.15, -0.1) is 0 Å². The van der Waals surface area contributed by atoms with Gasteiger partial charge in [0.05, 0.1) is 6.61 Å². The van der Waals surface area contributed by atoms with Gasteiger partial charge in [0.1, 0.15) is 30.0 Å². The molecule has 1 aliphatic heterocycles. The summed E-state index contributed by atoms with van der Waals surface area (Å²) in [5.41, 5.74) is 1.39. The molecule has 2 aromatic carbocycles. The maximum atomic E-state index is 14.6. The first kappa shape index (κ1) is 17.9. The van der Waals surface area contributed by atoms with E-state index in [9.17, 15) is 14.0 Å². The number of aromatic nitrogens is 2. The van der Waals surface area contributed by atoms with E-state index in [1.165, 1.54) is 12.1 Å². The Morgan fingerprint density at radius 3 is 2.82 bits per heavy atom. The van der Waals surface area contributed by atoms with E-state index in [0.717, 1.165) is 18.1 Å². The molecular formula is C21H17FN2O4. The molecule has 0 radical (unpaired) electrons. The molecule has 0 aliphatic carbocycles. The highest BCUT2D eigenvalue weighted by Gasteiger charge is 2.30. The van der Waals surface area contributed by atoms with E-state index >= 15 is 0 Å². The number of esters is 1. The summed E-state index contributed by atoms with van der Waals surface area (Å²) in [6.07, 6.45) is 1.29. The van der Waals surface area contributed by atoms with Gasteiger partial charge in [0, 0.05) is 24.1 Å². The van der Waals surface area contributed by atoms with Crippen molar-refractivity contribution in [2.75, 3.05) is 6.61 Å². The molecule has 0 bridgehead atoms. The van der Waals surface area contributed by atoms with E-state index in [1.54, 1.807) is 4.68 Å². The van der Waals surface area contributed by atoms with Crippen LogP contribution in [-0.2, 0) is 17.9 Å². The summed E-state index contributed by atoms with van der Waals surface area (Å²) < 4.78 is 27.2. The molecule has 3 aromatic rings. The average Bonchev–Trinajstić information content (AvgIpc) is 3.12. The predicted octanol–water partition coefficient (Wildman–Crippen LogP) is 3.64. The lowest BCUT2D eigenvalue weighted by atomic mass is 10.0. The normalized spacial score (nSPS) is 12.8. The van der Waals surface area contributed by atoms with Crippen LogP contribution in [0.2, 0.25) is 0 Å². The highest BCUT2D eigenvalue weighted by atomic mass is 19.1. The summed E-state index contributed by atoms with van der Waals surface area (Å²) in [7, 11) is 0. The molecule has 142 valence electrons. The predicted molar refractivity (Wildman–Crippen MR) is 98.7 cm³/mol. The van der Waals surface area contributed by atoms with Crippen LogP contribution in [0.3, 0.4) is 0 Å². The molecule has 0 fully saturated rings. The highest BCUT2D eigenvalue weighted by Crippen LogP contribution is 2.34. The Labute approximate surface area is 160 Å². The van der Waals surface area contributed by atoms with Crippen molar-refractivity contribution in [2.45, 2.75) is 19.6 Å². The molecule has 4 rings (SSSR count). The second-order valence-electron chi connectivity index (χ2n) is 6.37. The summed E-state index contributed by atoms with van der Waals surface area (Å²) in [6.45, 7) is 1.08.